The van der Waals surface area contributed by atoms with Crippen molar-refractivity contribution < 1.29 is 9.47 Å². The summed E-state index contributed by atoms with van der Waals surface area (Å²) in [7, 11) is 1.67. The second-order valence-corrected chi connectivity index (χ2v) is 5.48. The van der Waals surface area contributed by atoms with E-state index in [0.29, 0.717) is 12.6 Å². The van der Waals surface area contributed by atoms with Gasteiger partial charge in [0.05, 0.1) is 7.11 Å². The van der Waals surface area contributed by atoms with E-state index in [1.54, 1.807) is 7.11 Å². The van der Waals surface area contributed by atoms with Gasteiger partial charge >= 0.3 is 0 Å². The maximum absolute atomic E-state index is 6.08. The molecule has 0 bridgehead atoms. The average molecular weight is 278 g/mol. The van der Waals surface area contributed by atoms with Gasteiger partial charge in [-0.3, -0.25) is 4.90 Å². The molecule has 1 fully saturated rings. The van der Waals surface area contributed by atoms with E-state index in [4.69, 9.17) is 15.2 Å². The van der Waals surface area contributed by atoms with Crippen LogP contribution in [0.15, 0.2) is 24.3 Å². The fourth-order valence-corrected chi connectivity index (χ4v) is 2.84. The summed E-state index contributed by atoms with van der Waals surface area (Å²) in [5.41, 5.74) is 6.08. The van der Waals surface area contributed by atoms with Gasteiger partial charge in [-0.1, -0.05) is 6.42 Å². The van der Waals surface area contributed by atoms with Crippen molar-refractivity contribution >= 4 is 0 Å². The summed E-state index contributed by atoms with van der Waals surface area (Å²) in [6.45, 7) is 4.89. The van der Waals surface area contributed by atoms with Crippen molar-refractivity contribution in [2.75, 3.05) is 26.8 Å². The lowest BCUT2D eigenvalue weighted by molar-refractivity contribution is 0.109. The third-order valence-corrected chi connectivity index (χ3v) is 3.98. The SMILES string of the molecule is COc1ccc(OCCN2CCCCC2C(C)N)cc1. The fourth-order valence-electron chi connectivity index (χ4n) is 2.84. The summed E-state index contributed by atoms with van der Waals surface area (Å²) >= 11 is 0. The van der Waals surface area contributed by atoms with Crippen LogP contribution in [-0.4, -0.2) is 43.8 Å². The second-order valence-electron chi connectivity index (χ2n) is 5.48. The molecule has 4 nitrogen and oxygen atoms in total. The van der Waals surface area contributed by atoms with Crippen molar-refractivity contribution in [3.63, 3.8) is 0 Å². The molecular formula is C16H26N2O2. The van der Waals surface area contributed by atoms with Gasteiger partial charge in [-0.25, -0.2) is 0 Å². The molecule has 112 valence electrons. The minimum Gasteiger partial charge on any atom is -0.497 e. The fraction of sp³-hybridized carbons (Fsp3) is 0.625. The summed E-state index contributed by atoms with van der Waals surface area (Å²) in [5.74, 6) is 1.74. The van der Waals surface area contributed by atoms with Crippen molar-refractivity contribution in [3.05, 3.63) is 24.3 Å². The van der Waals surface area contributed by atoms with Crippen LogP contribution in [0.2, 0.25) is 0 Å². The topological polar surface area (TPSA) is 47.7 Å². The Bertz CT molecular complexity index is 392. The Kier molecular flexibility index (Phi) is 5.68. The van der Waals surface area contributed by atoms with E-state index < -0.39 is 0 Å². The average Bonchev–Trinajstić information content (AvgIpc) is 2.48. The van der Waals surface area contributed by atoms with Gasteiger partial charge in [0.2, 0.25) is 0 Å². The summed E-state index contributed by atoms with van der Waals surface area (Å²) in [6.07, 6.45) is 3.77. The first kappa shape index (κ1) is 15.1. The Hall–Kier alpha value is -1.26. The number of hydrogen-bond acceptors (Lipinski definition) is 4. The number of benzene rings is 1. The molecule has 1 aliphatic heterocycles. The van der Waals surface area contributed by atoms with Crippen LogP contribution in [0.4, 0.5) is 0 Å². The van der Waals surface area contributed by atoms with Crippen LogP contribution in [0.3, 0.4) is 0 Å². The Labute approximate surface area is 121 Å². The predicted molar refractivity (Wildman–Crippen MR) is 81.4 cm³/mol. The molecule has 0 aromatic heterocycles. The van der Waals surface area contributed by atoms with Crippen LogP contribution in [0, 0.1) is 0 Å². The normalized spacial score (nSPS) is 21.4. The molecule has 0 saturated carbocycles. The van der Waals surface area contributed by atoms with Gasteiger partial charge in [0, 0.05) is 18.6 Å². The number of nitrogens with zero attached hydrogens (tertiary/aromatic N) is 1. The van der Waals surface area contributed by atoms with Gasteiger partial charge in [0.25, 0.3) is 0 Å². The highest BCUT2D eigenvalue weighted by Crippen LogP contribution is 2.20. The van der Waals surface area contributed by atoms with Crippen molar-refractivity contribution in [1.82, 2.24) is 4.90 Å². The molecule has 0 aliphatic carbocycles. The lowest BCUT2D eigenvalue weighted by Crippen LogP contribution is -2.50. The monoisotopic (exact) mass is 278 g/mol. The van der Waals surface area contributed by atoms with E-state index in [9.17, 15) is 0 Å². The maximum atomic E-state index is 6.08. The first-order chi connectivity index (χ1) is 9.70. The van der Waals surface area contributed by atoms with E-state index in [2.05, 4.69) is 11.8 Å². The molecule has 2 atom stereocenters. The molecule has 2 rings (SSSR count). The highest BCUT2D eigenvalue weighted by atomic mass is 16.5. The molecular weight excluding hydrogens is 252 g/mol. The lowest BCUT2D eigenvalue weighted by Gasteiger charge is -2.37. The van der Waals surface area contributed by atoms with Crippen LogP contribution >= 0.6 is 0 Å². The largest absolute Gasteiger partial charge is 0.497 e. The number of methoxy groups -OCH3 is 1. The maximum Gasteiger partial charge on any atom is 0.119 e. The molecule has 4 heteroatoms. The molecule has 2 unspecified atom stereocenters. The smallest absolute Gasteiger partial charge is 0.119 e. The highest BCUT2D eigenvalue weighted by Gasteiger charge is 2.24. The zero-order valence-corrected chi connectivity index (χ0v) is 12.5. The summed E-state index contributed by atoms with van der Waals surface area (Å²) < 4.78 is 10.9. The molecule has 0 radical (unpaired) electrons. The number of piperidine rings is 1. The second kappa shape index (κ2) is 7.50. The third kappa shape index (κ3) is 4.12. The number of hydrogen-bond donors (Lipinski definition) is 1. The minimum atomic E-state index is 0.233. The first-order valence-corrected chi connectivity index (χ1v) is 7.47. The summed E-state index contributed by atoms with van der Waals surface area (Å²) in [5, 5.41) is 0. The van der Waals surface area contributed by atoms with Crippen LogP contribution in [0.25, 0.3) is 0 Å². The number of nitrogens with two attached hydrogens (primary N) is 1. The zero-order valence-electron chi connectivity index (χ0n) is 12.5. The highest BCUT2D eigenvalue weighted by molar-refractivity contribution is 5.31. The first-order valence-electron chi connectivity index (χ1n) is 7.47. The van der Waals surface area contributed by atoms with Crippen LogP contribution in [0.1, 0.15) is 26.2 Å². The molecule has 1 saturated heterocycles. The van der Waals surface area contributed by atoms with Gasteiger partial charge in [-0.15, -0.1) is 0 Å². The van der Waals surface area contributed by atoms with Crippen molar-refractivity contribution in [1.29, 1.82) is 0 Å². The Morgan fingerprint density at radius 1 is 1.25 bits per heavy atom. The molecule has 0 amide bonds. The molecule has 1 aromatic carbocycles. The quantitative estimate of drug-likeness (QED) is 0.867. The molecule has 0 spiro atoms. The van der Waals surface area contributed by atoms with E-state index in [1.165, 1.54) is 19.3 Å². The van der Waals surface area contributed by atoms with Crippen LogP contribution < -0.4 is 15.2 Å². The Morgan fingerprint density at radius 2 is 1.95 bits per heavy atom. The Balaban J connectivity index is 1.78. The third-order valence-electron chi connectivity index (χ3n) is 3.98. The molecule has 1 heterocycles. The molecule has 1 aromatic rings. The Morgan fingerprint density at radius 3 is 2.60 bits per heavy atom. The number of rotatable bonds is 6. The van der Waals surface area contributed by atoms with E-state index >= 15 is 0 Å². The van der Waals surface area contributed by atoms with Crippen molar-refractivity contribution in [2.24, 2.45) is 5.73 Å². The van der Waals surface area contributed by atoms with Crippen LogP contribution in [0.5, 0.6) is 11.5 Å². The van der Waals surface area contributed by atoms with Gasteiger partial charge < -0.3 is 15.2 Å². The van der Waals surface area contributed by atoms with E-state index in [0.717, 1.165) is 24.6 Å². The molecule has 1 aliphatic rings. The minimum absolute atomic E-state index is 0.233. The van der Waals surface area contributed by atoms with Crippen molar-refractivity contribution in [3.8, 4) is 11.5 Å². The number of likely N-dealkylation sites (tertiary alicyclic amines) is 1. The summed E-state index contributed by atoms with van der Waals surface area (Å²) in [6, 6.07) is 8.46. The van der Waals surface area contributed by atoms with Gasteiger partial charge in [-0.2, -0.15) is 0 Å². The van der Waals surface area contributed by atoms with Gasteiger partial charge in [-0.05, 0) is 50.6 Å². The molecule has 20 heavy (non-hydrogen) atoms. The van der Waals surface area contributed by atoms with Gasteiger partial charge in [0.1, 0.15) is 18.1 Å². The van der Waals surface area contributed by atoms with Crippen LogP contribution in [-0.2, 0) is 0 Å². The van der Waals surface area contributed by atoms with Crippen molar-refractivity contribution in [2.45, 2.75) is 38.3 Å². The standard InChI is InChI=1S/C16H26N2O2/c1-13(17)16-5-3-4-10-18(16)11-12-20-15-8-6-14(19-2)7-9-15/h6-9,13,16H,3-5,10-12,17H2,1-2H3. The number of ether oxygens (including phenoxy) is 2. The summed E-state index contributed by atoms with van der Waals surface area (Å²) in [4.78, 5) is 2.47. The van der Waals surface area contributed by atoms with Gasteiger partial charge in [0.15, 0.2) is 0 Å². The van der Waals surface area contributed by atoms with E-state index in [-0.39, 0.29) is 6.04 Å². The van der Waals surface area contributed by atoms with E-state index in [1.807, 2.05) is 24.3 Å². The molecule has 2 N–H and O–H groups in total. The lowest BCUT2D eigenvalue weighted by atomic mass is 9.97. The zero-order chi connectivity index (χ0) is 14.4. The predicted octanol–water partition coefficient (Wildman–Crippen LogP) is 2.28.